The summed E-state index contributed by atoms with van der Waals surface area (Å²) in [5, 5.41) is 3.00. The van der Waals surface area contributed by atoms with Crippen molar-refractivity contribution >= 4 is 0 Å². The highest BCUT2D eigenvalue weighted by atomic mass is 19.1. The molecule has 0 aromatic heterocycles. The fourth-order valence-electron chi connectivity index (χ4n) is 2.14. The first-order valence-corrected chi connectivity index (χ1v) is 6.59. The van der Waals surface area contributed by atoms with E-state index in [1.54, 1.807) is 6.92 Å². The van der Waals surface area contributed by atoms with Crippen LogP contribution in [0.25, 0.3) is 0 Å². The van der Waals surface area contributed by atoms with Gasteiger partial charge in [0.05, 0.1) is 0 Å². The van der Waals surface area contributed by atoms with E-state index in [9.17, 15) is 17.6 Å². The molecule has 0 heterocycles. The predicted octanol–water partition coefficient (Wildman–Crippen LogP) is 4.14. The van der Waals surface area contributed by atoms with Gasteiger partial charge in [0.15, 0.2) is 0 Å². The van der Waals surface area contributed by atoms with E-state index in [1.807, 2.05) is 0 Å². The minimum Gasteiger partial charge on any atom is -0.310 e. The number of hydrogen-bond donors (Lipinski definition) is 1. The molecule has 112 valence electrons. The molecule has 1 N–H and O–H groups in total. The molecule has 0 saturated carbocycles. The molecule has 0 fully saturated rings. The Hall–Kier alpha value is -1.88. The number of hydrogen-bond acceptors (Lipinski definition) is 1. The molecule has 0 aliphatic heterocycles. The van der Waals surface area contributed by atoms with Crippen molar-refractivity contribution in [3.63, 3.8) is 0 Å². The van der Waals surface area contributed by atoms with Gasteiger partial charge in [0, 0.05) is 17.7 Å². The summed E-state index contributed by atoms with van der Waals surface area (Å²) < 4.78 is 52.7. The van der Waals surface area contributed by atoms with Gasteiger partial charge in [-0.25, -0.2) is 17.6 Å². The van der Waals surface area contributed by atoms with Crippen LogP contribution >= 0.6 is 0 Å². The molecule has 0 radical (unpaired) electrons. The highest BCUT2D eigenvalue weighted by Gasteiger charge is 2.11. The van der Waals surface area contributed by atoms with Crippen molar-refractivity contribution in [2.75, 3.05) is 6.54 Å². The second-order valence-electron chi connectivity index (χ2n) is 4.87. The topological polar surface area (TPSA) is 12.0 Å². The molecule has 5 heteroatoms. The average Bonchev–Trinajstić information content (AvgIpc) is 2.40. The number of nitrogens with one attached hydrogen (secondary N) is 1. The molecular weight excluding hydrogens is 282 g/mol. The molecule has 2 aromatic rings. The van der Waals surface area contributed by atoms with Crippen molar-refractivity contribution in [1.29, 1.82) is 0 Å². The lowest BCUT2D eigenvalue weighted by Gasteiger charge is -2.15. The molecule has 1 unspecified atom stereocenters. The van der Waals surface area contributed by atoms with Crippen LogP contribution in [0.4, 0.5) is 17.6 Å². The highest BCUT2D eigenvalue weighted by Crippen LogP contribution is 2.18. The van der Waals surface area contributed by atoms with E-state index in [1.165, 1.54) is 12.1 Å². The lowest BCUT2D eigenvalue weighted by atomic mass is 10.1. The van der Waals surface area contributed by atoms with Crippen LogP contribution in [0, 0.1) is 23.3 Å². The van der Waals surface area contributed by atoms with Crippen LogP contribution in [0.5, 0.6) is 0 Å². The maximum atomic E-state index is 13.6. The summed E-state index contributed by atoms with van der Waals surface area (Å²) in [7, 11) is 0. The molecule has 1 nitrogen and oxygen atoms in total. The van der Waals surface area contributed by atoms with Gasteiger partial charge >= 0.3 is 0 Å². The first kappa shape index (κ1) is 15.5. The van der Waals surface area contributed by atoms with Crippen LogP contribution in [-0.2, 0) is 6.42 Å². The van der Waals surface area contributed by atoms with Gasteiger partial charge in [0.25, 0.3) is 0 Å². The predicted molar refractivity (Wildman–Crippen MR) is 72.8 cm³/mol. The summed E-state index contributed by atoms with van der Waals surface area (Å²) >= 11 is 0. The van der Waals surface area contributed by atoms with E-state index >= 15 is 0 Å². The van der Waals surface area contributed by atoms with E-state index in [0.29, 0.717) is 18.5 Å². The fraction of sp³-hybridized carbons (Fsp3) is 0.250. The number of benzene rings is 2. The Morgan fingerprint density at radius 2 is 1.57 bits per heavy atom. The molecule has 2 rings (SSSR count). The third-order valence-electron chi connectivity index (χ3n) is 3.21. The van der Waals surface area contributed by atoms with E-state index in [0.717, 1.165) is 24.3 Å². The van der Waals surface area contributed by atoms with Crippen molar-refractivity contribution in [2.24, 2.45) is 0 Å². The zero-order valence-electron chi connectivity index (χ0n) is 11.5. The van der Waals surface area contributed by atoms with Crippen LogP contribution in [0.2, 0.25) is 0 Å². The van der Waals surface area contributed by atoms with Crippen LogP contribution in [-0.4, -0.2) is 6.54 Å². The summed E-state index contributed by atoms with van der Waals surface area (Å²) in [4.78, 5) is 0. The molecule has 0 bridgehead atoms. The molecule has 0 amide bonds. The Bertz CT molecular complexity index is 607. The quantitative estimate of drug-likeness (QED) is 0.818. The zero-order chi connectivity index (χ0) is 15.4. The highest BCUT2D eigenvalue weighted by molar-refractivity contribution is 5.22. The van der Waals surface area contributed by atoms with Gasteiger partial charge in [-0.3, -0.25) is 0 Å². The first-order chi connectivity index (χ1) is 9.95. The molecule has 0 aliphatic carbocycles. The minimum absolute atomic E-state index is 0.223. The standard InChI is InChI=1S/C16H15F4N/c1-10(15-9-12(17)2-3-16(15)20)21-5-4-11-6-13(18)8-14(19)7-11/h2-3,6-10,21H,4-5H2,1H3. The molecule has 0 aliphatic rings. The zero-order valence-corrected chi connectivity index (χ0v) is 11.5. The summed E-state index contributed by atoms with van der Waals surface area (Å²) in [5.74, 6) is -2.26. The van der Waals surface area contributed by atoms with Crippen LogP contribution in [0.3, 0.4) is 0 Å². The second kappa shape index (κ2) is 6.72. The summed E-state index contributed by atoms with van der Waals surface area (Å²) in [6, 6.07) is 6.16. The maximum absolute atomic E-state index is 13.6. The van der Waals surface area contributed by atoms with Gasteiger partial charge in [-0.1, -0.05) is 0 Å². The third-order valence-corrected chi connectivity index (χ3v) is 3.21. The van der Waals surface area contributed by atoms with Crippen molar-refractivity contribution < 1.29 is 17.6 Å². The molecule has 0 spiro atoms. The van der Waals surface area contributed by atoms with Gasteiger partial charge in [-0.05, 0) is 55.8 Å². The van der Waals surface area contributed by atoms with Crippen molar-refractivity contribution in [3.05, 3.63) is 70.8 Å². The summed E-state index contributed by atoms with van der Waals surface area (Å²) in [6.45, 7) is 2.09. The Morgan fingerprint density at radius 1 is 0.905 bits per heavy atom. The Labute approximate surface area is 120 Å². The van der Waals surface area contributed by atoms with Crippen LogP contribution in [0.15, 0.2) is 36.4 Å². The van der Waals surface area contributed by atoms with Crippen LogP contribution in [0.1, 0.15) is 24.1 Å². The van der Waals surface area contributed by atoms with Crippen molar-refractivity contribution in [3.8, 4) is 0 Å². The number of rotatable bonds is 5. The average molecular weight is 297 g/mol. The molecule has 0 saturated heterocycles. The first-order valence-electron chi connectivity index (χ1n) is 6.59. The minimum atomic E-state index is -0.630. The van der Waals surface area contributed by atoms with E-state index in [2.05, 4.69) is 5.32 Å². The second-order valence-corrected chi connectivity index (χ2v) is 4.87. The monoisotopic (exact) mass is 297 g/mol. The Balaban J connectivity index is 1.95. The maximum Gasteiger partial charge on any atom is 0.128 e. The smallest absolute Gasteiger partial charge is 0.128 e. The van der Waals surface area contributed by atoms with Gasteiger partial charge in [-0.2, -0.15) is 0 Å². The van der Waals surface area contributed by atoms with E-state index in [4.69, 9.17) is 0 Å². The van der Waals surface area contributed by atoms with Gasteiger partial charge < -0.3 is 5.32 Å². The van der Waals surface area contributed by atoms with Crippen LogP contribution < -0.4 is 5.32 Å². The van der Waals surface area contributed by atoms with Gasteiger partial charge in [-0.15, -0.1) is 0 Å². The Morgan fingerprint density at radius 3 is 2.24 bits per heavy atom. The summed E-state index contributed by atoms with van der Waals surface area (Å²) in [6.07, 6.45) is 0.385. The fourth-order valence-corrected chi connectivity index (χ4v) is 2.14. The molecule has 21 heavy (non-hydrogen) atoms. The lowest BCUT2D eigenvalue weighted by molar-refractivity contribution is 0.519. The Kier molecular flexibility index (Phi) is 4.96. The van der Waals surface area contributed by atoms with Gasteiger partial charge in [0.1, 0.15) is 23.3 Å². The lowest BCUT2D eigenvalue weighted by Crippen LogP contribution is -2.22. The largest absolute Gasteiger partial charge is 0.310 e. The van der Waals surface area contributed by atoms with E-state index < -0.39 is 29.3 Å². The van der Waals surface area contributed by atoms with E-state index in [-0.39, 0.29) is 5.56 Å². The SMILES string of the molecule is CC(NCCc1cc(F)cc(F)c1)c1cc(F)ccc1F. The molecule has 1 atom stereocenters. The summed E-state index contributed by atoms with van der Waals surface area (Å²) in [5.41, 5.74) is 0.729. The van der Waals surface area contributed by atoms with Gasteiger partial charge in [0.2, 0.25) is 0 Å². The molecule has 2 aromatic carbocycles. The number of halogens is 4. The van der Waals surface area contributed by atoms with Crippen molar-refractivity contribution in [2.45, 2.75) is 19.4 Å². The third kappa shape index (κ3) is 4.29. The van der Waals surface area contributed by atoms with Crippen molar-refractivity contribution in [1.82, 2.24) is 5.32 Å². The molecular formula is C16H15F4N. The normalized spacial score (nSPS) is 12.4.